The number of nitrogens with zero attached hydrogens (tertiary/aromatic N) is 1. The molecule has 9 nitrogen and oxygen atoms in total. The summed E-state index contributed by atoms with van der Waals surface area (Å²) < 4.78 is 5.37. The molecule has 0 saturated carbocycles. The van der Waals surface area contributed by atoms with Crippen molar-refractivity contribution in [3.8, 4) is 0 Å². The fraction of sp³-hybridized carbons (Fsp3) is 0.467. The predicted molar refractivity (Wildman–Crippen MR) is 152 cm³/mol. The molecule has 2 aromatic rings. The van der Waals surface area contributed by atoms with E-state index >= 15 is 0 Å². The van der Waals surface area contributed by atoms with E-state index in [1.54, 1.807) is 40.7 Å². The van der Waals surface area contributed by atoms with Crippen LogP contribution in [0.1, 0.15) is 75.8 Å². The number of hydrogen-bond acceptors (Lipinski definition) is 5. The predicted octanol–water partition coefficient (Wildman–Crippen LogP) is 4.69. The standard InChI is InChI=1S/C30H42N4O5/c1-18(2)34(28(37)24(13-14-25(31)35)33-29(38)39-30(6,7)8)26(22-16-19(3)15-20(4)17-22)27(36)32-23-12-10-9-11-21(23)5/h9-12,15-18,24,26H,13-14H2,1-8H3,(H2,31,35)(H,32,36)(H,33,38). The van der Waals surface area contributed by atoms with E-state index < -0.39 is 47.5 Å². The Morgan fingerprint density at radius 2 is 1.56 bits per heavy atom. The lowest BCUT2D eigenvalue weighted by Crippen LogP contribution is -2.54. The summed E-state index contributed by atoms with van der Waals surface area (Å²) in [5.74, 6) is -1.54. The smallest absolute Gasteiger partial charge is 0.408 e. The number of alkyl carbamates (subject to hydrolysis) is 1. The molecule has 0 bridgehead atoms. The molecule has 0 aliphatic carbocycles. The number of primary amides is 1. The van der Waals surface area contributed by atoms with Crippen LogP contribution in [0.15, 0.2) is 42.5 Å². The van der Waals surface area contributed by atoms with E-state index in [1.165, 1.54) is 4.90 Å². The zero-order chi connectivity index (χ0) is 29.5. The van der Waals surface area contributed by atoms with Gasteiger partial charge in [-0.05, 0) is 79.0 Å². The van der Waals surface area contributed by atoms with E-state index in [0.29, 0.717) is 11.3 Å². The van der Waals surface area contributed by atoms with Crippen LogP contribution in [0.5, 0.6) is 0 Å². The minimum absolute atomic E-state index is 0.0460. The summed E-state index contributed by atoms with van der Waals surface area (Å²) in [7, 11) is 0. The van der Waals surface area contributed by atoms with Gasteiger partial charge in [-0.25, -0.2) is 4.79 Å². The number of ether oxygens (including phenoxy) is 1. The average Bonchev–Trinajstić information content (AvgIpc) is 2.78. The van der Waals surface area contributed by atoms with Gasteiger partial charge in [0.25, 0.3) is 5.91 Å². The van der Waals surface area contributed by atoms with Crippen LogP contribution < -0.4 is 16.4 Å². The number of carbonyl (C=O) groups is 4. The monoisotopic (exact) mass is 538 g/mol. The molecule has 4 amide bonds. The Labute approximate surface area is 231 Å². The van der Waals surface area contributed by atoms with Crippen molar-refractivity contribution in [3.05, 3.63) is 64.7 Å². The zero-order valence-electron chi connectivity index (χ0n) is 24.3. The average molecular weight is 539 g/mol. The molecule has 9 heteroatoms. The Morgan fingerprint density at radius 1 is 0.974 bits per heavy atom. The van der Waals surface area contributed by atoms with Crippen molar-refractivity contribution in [2.75, 3.05) is 5.32 Å². The molecule has 0 aromatic heterocycles. The zero-order valence-corrected chi connectivity index (χ0v) is 24.3. The topological polar surface area (TPSA) is 131 Å². The van der Waals surface area contributed by atoms with Crippen molar-refractivity contribution in [1.29, 1.82) is 0 Å². The van der Waals surface area contributed by atoms with Gasteiger partial charge in [-0.2, -0.15) is 0 Å². The molecular formula is C30H42N4O5. The quantitative estimate of drug-likeness (QED) is 0.404. The number of para-hydroxylation sites is 1. The summed E-state index contributed by atoms with van der Waals surface area (Å²) in [6, 6.07) is 10.5. The third-order valence-corrected chi connectivity index (χ3v) is 5.97. The Hall–Kier alpha value is -3.88. The van der Waals surface area contributed by atoms with Crippen molar-refractivity contribution in [3.63, 3.8) is 0 Å². The lowest BCUT2D eigenvalue weighted by molar-refractivity contribution is -0.143. The highest BCUT2D eigenvalue weighted by atomic mass is 16.6. The highest BCUT2D eigenvalue weighted by Gasteiger charge is 2.38. The SMILES string of the molecule is Cc1cc(C)cc(C(C(=O)Nc2ccccc2C)N(C(=O)C(CCC(N)=O)NC(=O)OC(C)(C)C)C(C)C)c1. The summed E-state index contributed by atoms with van der Waals surface area (Å²) in [5.41, 5.74) is 8.58. The van der Waals surface area contributed by atoms with Gasteiger partial charge in [-0.15, -0.1) is 0 Å². The van der Waals surface area contributed by atoms with Crippen molar-refractivity contribution in [2.45, 2.75) is 92.0 Å². The van der Waals surface area contributed by atoms with E-state index in [2.05, 4.69) is 10.6 Å². The lowest BCUT2D eigenvalue weighted by atomic mass is 9.96. The highest BCUT2D eigenvalue weighted by molar-refractivity contribution is 5.99. The summed E-state index contributed by atoms with van der Waals surface area (Å²) in [6.07, 6.45) is -0.987. The number of benzene rings is 2. The first-order chi connectivity index (χ1) is 18.1. The van der Waals surface area contributed by atoms with Crippen LogP contribution in [0, 0.1) is 20.8 Å². The van der Waals surface area contributed by atoms with Crippen LogP contribution in [-0.4, -0.2) is 46.4 Å². The minimum Gasteiger partial charge on any atom is -0.444 e. The number of hydrogen-bond donors (Lipinski definition) is 3. The van der Waals surface area contributed by atoms with Gasteiger partial charge in [0, 0.05) is 18.2 Å². The fourth-order valence-corrected chi connectivity index (χ4v) is 4.37. The molecule has 0 aliphatic heterocycles. The molecule has 0 heterocycles. The van der Waals surface area contributed by atoms with Gasteiger partial charge in [-0.1, -0.05) is 47.5 Å². The Kier molecular flexibility index (Phi) is 10.7. The van der Waals surface area contributed by atoms with Gasteiger partial charge in [0.15, 0.2) is 0 Å². The van der Waals surface area contributed by atoms with Gasteiger partial charge < -0.3 is 26.0 Å². The van der Waals surface area contributed by atoms with E-state index in [4.69, 9.17) is 10.5 Å². The first kappa shape index (κ1) is 31.3. The lowest BCUT2D eigenvalue weighted by Gasteiger charge is -2.37. The molecule has 2 atom stereocenters. The van der Waals surface area contributed by atoms with Gasteiger partial charge >= 0.3 is 6.09 Å². The third-order valence-electron chi connectivity index (χ3n) is 5.97. The second-order valence-electron chi connectivity index (χ2n) is 11.2. The van der Waals surface area contributed by atoms with E-state index in [-0.39, 0.29) is 12.8 Å². The first-order valence-corrected chi connectivity index (χ1v) is 13.1. The molecule has 2 rings (SSSR count). The maximum Gasteiger partial charge on any atom is 0.408 e. The minimum atomic E-state index is -1.14. The van der Waals surface area contributed by atoms with Crippen LogP contribution in [0.4, 0.5) is 10.5 Å². The molecule has 0 fully saturated rings. The Balaban J connectivity index is 2.58. The molecular weight excluding hydrogens is 496 g/mol. The van der Waals surface area contributed by atoms with E-state index in [1.807, 2.05) is 57.2 Å². The highest BCUT2D eigenvalue weighted by Crippen LogP contribution is 2.29. The van der Waals surface area contributed by atoms with E-state index in [9.17, 15) is 19.2 Å². The van der Waals surface area contributed by atoms with Gasteiger partial charge in [-0.3, -0.25) is 14.4 Å². The number of amides is 4. The van der Waals surface area contributed by atoms with Crippen LogP contribution in [0.25, 0.3) is 0 Å². The van der Waals surface area contributed by atoms with Crippen LogP contribution >= 0.6 is 0 Å². The number of aryl methyl sites for hydroxylation is 3. The number of carbonyl (C=O) groups excluding carboxylic acids is 4. The molecule has 39 heavy (non-hydrogen) atoms. The summed E-state index contributed by atoms with van der Waals surface area (Å²) >= 11 is 0. The van der Waals surface area contributed by atoms with Gasteiger partial charge in [0.1, 0.15) is 17.7 Å². The Bertz CT molecular complexity index is 1180. The van der Waals surface area contributed by atoms with Crippen LogP contribution in [0.3, 0.4) is 0 Å². The number of rotatable bonds is 10. The maximum absolute atomic E-state index is 14.1. The number of nitrogens with two attached hydrogens (primary N) is 1. The number of nitrogens with one attached hydrogen (secondary N) is 2. The third kappa shape index (κ3) is 9.42. The summed E-state index contributed by atoms with van der Waals surface area (Å²) in [5, 5.41) is 5.58. The normalized spacial score (nSPS) is 12.8. The summed E-state index contributed by atoms with van der Waals surface area (Å²) in [4.78, 5) is 53.8. The Morgan fingerprint density at radius 3 is 2.08 bits per heavy atom. The van der Waals surface area contributed by atoms with Gasteiger partial charge in [0.2, 0.25) is 11.8 Å². The van der Waals surface area contributed by atoms with Crippen LogP contribution in [-0.2, 0) is 19.1 Å². The second-order valence-corrected chi connectivity index (χ2v) is 11.2. The first-order valence-electron chi connectivity index (χ1n) is 13.1. The van der Waals surface area contributed by atoms with Crippen molar-refractivity contribution in [2.24, 2.45) is 5.73 Å². The number of anilines is 1. The van der Waals surface area contributed by atoms with Crippen molar-refractivity contribution >= 4 is 29.5 Å². The second kappa shape index (κ2) is 13.3. The van der Waals surface area contributed by atoms with Gasteiger partial charge in [0.05, 0.1) is 0 Å². The summed E-state index contributed by atoms with van der Waals surface area (Å²) in [6.45, 7) is 14.5. The van der Waals surface area contributed by atoms with Crippen molar-refractivity contribution < 1.29 is 23.9 Å². The van der Waals surface area contributed by atoms with Crippen molar-refractivity contribution in [1.82, 2.24) is 10.2 Å². The molecule has 0 saturated heterocycles. The molecule has 0 spiro atoms. The molecule has 2 unspecified atom stereocenters. The molecule has 2 aromatic carbocycles. The van der Waals surface area contributed by atoms with Crippen LogP contribution in [0.2, 0.25) is 0 Å². The van der Waals surface area contributed by atoms with E-state index in [0.717, 1.165) is 16.7 Å². The molecule has 0 radical (unpaired) electrons. The maximum atomic E-state index is 14.1. The fourth-order valence-electron chi connectivity index (χ4n) is 4.37. The molecule has 4 N–H and O–H groups in total. The largest absolute Gasteiger partial charge is 0.444 e. The molecule has 0 aliphatic rings. The molecule has 212 valence electrons.